The van der Waals surface area contributed by atoms with Crippen molar-refractivity contribution in [3.8, 4) is 16.8 Å². The Balaban J connectivity index is 2.05. The Morgan fingerprint density at radius 2 is 1.59 bits per heavy atom. The fraction of sp³-hybridized carbons (Fsp3) is 0.174. The first-order valence-corrected chi connectivity index (χ1v) is 10.5. The highest BCUT2D eigenvalue weighted by atomic mass is 79.9. The second-order valence-electron chi connectivity index (χ2n) is 7.67. The van der Waals surface area contributed by atoms with Gasteiger partial charge >= 0.3 is 0 Å². The van der Waals surface area contributed by atoms with E-state index in [1.807, 2.05) is 12.1 Å². The third-order valence-corrected chi connectivity index (χ3v) is 5.96. The molecule has 1 heterocycles. The third-order valence-electron chi connectivity index (χ3n) is 4.78. The molecule has 0 fully saturated rings. The molecular weight excluding hydrogens is 464 g/mol. The number of hydrogen-bond donors (Lipinski definition) is 0. The van der Waals surface area contributed by atoms with Crippen LogP contribution in [0.3, 0.4) is 0 Å². The van der Waals surface area contributed by atoms with E-state index in [1.165, 1.54) is 16.7 Å². The van der Waals surface area contributed by atoms with Gasteiger partial charge in [-0.2, -0.15) is 0 Å². The van der Waals surface area contributed by atoms with Crippen LogP contribution in [-0.4, -0.2) is 9.55 Å². The van der Waals surface area contributed by atoms with Crippen LogP contribution in [0.15, 0.2) is 75.9 Å². The van der Waals surface area contributed by atoms with E-state index in [1.54, 1.807) is 0 Å². The second-order valence-corrected chi connectivity index (χ2v) is 9.24. The summed E-state index contributed by atoms with van der Waals surface area (Å²) in [5.74, 6) is 0. The van der Waals surface area contributed by atoms with Gasteiger partial charge < -0.3 is 0 Å². The van der Waals surface area contributed by atoms with E-state index in [2.05, 4.69) is 112 Å². The van der Waals surface area contributed by atoms with Crippen molar-refractivity contribution in [1.82, 2.24) is 9.55 Å². The van der Waals surface area contributed by atoms with Gasteiger partial charge in [0.2, 0.25) is 0 Å². The molecule has 0 radical (unpaired) electrons. The summed E-state index contributed by atoms with van der Waals surface area (Å²) in [5.41, 5.74) is 6.92. The molecule has 0 aliphatic heterocycles. The summed E-state index contributed by atoms with van der Waals surface area (Å²) in [6, 6.07) is 23.4. The molecule has 136 valence electrons. The van der Waals surface area contributed by atoms with Crippen LogP contribution in [0.25, 0.3) is 27.8 Å². The van der Waals surface area contributed by atoms with Crippen molar-refractivity contribution < 1.29 is 0 Å². The Labute approximate surface area is 176 Å². The summed E-state index contributed by atoms with van der Waals surface area (Å²) in [6.45, 7) is 6.74. The first-order chi connectivity index (χ1) is 12.9. The molecule has 3 aromatic carbocycles. The SMILES string of the molecule is CC(C)(C)c1ccc(-n2c(Br)nc3c(Br)cccc32)c(-c2ccccc2)c1. The summed E-state index contributed by atoms with van der Waals surface area (Å²) in [7, 11) is 0. The highest BCUT2D eigenvalue weighted by Crippen LogP contribution is 2.36. The maximum Gasteiger partial charge on any atom is 0.182 e. The predicted molar refractivity (Wildman–Crippen MR) is 121 cm³/mol. The van der Waals surface area contributed by atoms with Crippen molar-refractivity contribution in [2.75, 3.05) is 0 Å². The minimum absolute atomic E-state index is 0.0827. The van der Waals surface area contributed by atoms with E-state index >= 15 is 0 Å². The van der Waals surface area contributed by atoms with Crippen molar-refractivity contribution in [2.45, 2.75) is 26.2 Å². The highest BCUT2D eigenvalue weighted by Gasteiger charge is 2.20. The summed E-state index contributed by atoms with van der Waals surface area (Å²) < 4.78 is 3.96. The largest absolute Gasteiger partial charge is 0.286 e. The molecule has 0 N–H and O–H groups in total. The molecule has 4 aromatic rings. The van der Waals surface area contributed by atoms with Crippen LogP contribution >= 0.6 is 31.9 Å². The van der Waals surface area contributed by atoms with E-state index in [4.69, 9.17) is 4.98 Å². The van der Waals surface area contributed by atoms with E-state index < -0.39 is 0 Å². The summed E-state index contributed by atoms with van der Waals surface area (Å²) in [4.78, 5) is 4.73. The van der Waals surface area contributed by atoms with Crippen molar-refractivity contribution in [1.29, 1.82) is 0 Å². The smallest absolute Gasteiger partial charge is 0.182 e. The van der Waals surface area contributed by atoms with Gasteiger partial charge in [-0.1, -0.05) is 63.2 Å². The van der Waals surface area contributed by atoms with Gasteiger partial charge in [-0.25, -0.2) is 4.98 Å². The van der Waals surface area contributed by atoms with Gasteiger partial charge in [0.1, 0.15) is 5.52 Å². The average Bonchev–Trinajstić information content (AvgIpc) is 2.98. The molecule has 4 rings (SSSR count). The molecule has 0 bridgehead atoms. The number of imidazole rings is 1. The number of aromatic nitrogens is 2. The molecule has 2 nitrogen and oxygen atoms in total. The monoisotopic (exact) mass is 482 g/mol. The molecule has 0 unspecified atom stereocenters. The Kier molecular flexibility index (Phi) is 4.73. The first-order valence-electron chi connectivity index (χ1n) is 8.89. The zero-order valence-electron chi connectivity index (χ0n) is 15.5. The lowest BCUT2D eigenvalue weighted by molar-refractivity contribution is 0.590. The number of halogens is 2. The fourth-order valence-corrected chi connectivity index (χ4v) is 4.32. The summed E-state index contributed by atoms with van der Waals surface area (Å²) >= 11 is 7.30. The van der Waals surface area contributed by atoms with E-state index in [0.29, 0.717) is 0 Å². The molecule has 0 aliphatic rings. The topological polar surface area (TPSA) is 17.8 Å². The normalized spacial score (nSPS) is 11.9. The zero-order valence-corrected chi connectivity index (χ0v) is 18.7. The Morgan fingerprint density at radius 3 is 2.30 bits per heavy atom. The minimum atomic E-state index is 0.0827. The van der Waals surface area contributed by atoms with Crippen molar-refractivity contribution in [3.05, 3.63) is 81.5 Å². The lowest BCUT2D eigenvalue weighted by atomic mass is 9.85. The van der Waals surface area contributed by atoms with E-state index in [0.717, 1.165) is 25.9 Å². The molecule has 4 heteroatoms. The molecule has 0 spiro atoms. The third kappa shape index (κ3) is 3.37. The molecule has 0 atom stereocenters. The van der Waals surface area contributed by atoms with Gasteiger partial charge in [-0.05, 0) is 72.7 Å². The fourth-order valence-electron chi connectivity index (χ4n) is 3.31. The number of para-hydroxylation sites is 1. The number of benzene rings is 3. The molecule has 0 saturated carbocycles. The first kappa shape index (κ1) is 18.5. The van der Waals surface area contributed by atoms with E-state index in [9.17, 15) is 0 Å². The van der Waals surface area contributed by atoms with Crippen LogP contribution in [0.2, 0.25) is 0 Å². The Bertz CT molecular complexity index is 1120. The van der Waals surface area contributed by atoms with Gasteiger partial charge in [0, 0.05) is 10.0 Å². The maximum absolute atomic E-state index is 4.73. The van der Waals surface area contributed by atoms with E-state index in [-0.39, 0.29) is 5.41 Å². The number of nitrogens with zero attached hydrogens (tertiary/aromatic N) is 2. The highest BCUT2D eigenvalue weighted by molar-refractivity contribution is 9.11. The molecule has 27 heavy (non-hydrogen) atoms. The Hall–Kier alpha value is -1.91. The van der Waals surface area contributed by atoms with Crippen LogP contribution in [0, 0.1) is 0 Å². The summed E-state index contributed by atoms with van der Waals surface area (Å²) in [5, 5.41) is 0. The van der Waals surface area contributed by atoms with Gasteiger partial charge in [-0.3, -0.25) is 4.57 Å². The van der Waals surface area contributed by atoms with Crippen LogP contribution < -0.4 is 0 Å². The second kappa shape index (κ2) is 6.92. The van der Waals surface area contributed by atoms with Gasteiger partial charge in [0.25, 0.3) is 0 Å². The molecule has 0 aliphatic carbocycles. The lowest BCUT2D eigenvalue weighted by Gasteiger charge is -2.22. The number of hydrogen-bond acceptors (Lipinski definition) is 1. The average molecular weight is 484 g/mol. The van der Waals surface area contributed by atoms with Crippen LogP contribution in [0.4, 0.5) is 0 Å². The zero-order chi connectivity index (χ0) is 19.2. The Morgan fingerprint density at radius 1 is 0.852 bits per heavy atom. The van der Waals surface area contributed by atoms with Crippen molar-refractivity contribution in [3.63, 3.8) is 0 Å². The molecular formula is C23H20Br2N2. The molecule has 0 amide bonds. The predicted octanol–water partition coefficient (Wildman–Crippen LogP) is 7.52. The van der Waals surface area contributed by atoms with Crippen molar-refractivity contribution in [2.24, 2.45) is 0 Å². The van der Waals surface area contributed by atoms with Crippen molar-refractivity contribution >= 4 is 42.9 Å². The maximum atomic E-state index is 4.73. The quantitative estimate of drug-likeness (QED) is 0.288. The number of rotatable bonds is 2. The standard InChI is InChI=1S/C23H20Br2N2/c1-23(2,3)16-12-13-19(17(14-16)15-8-5-4-6-9-15)27-20-11-7-10-18(24)21(20)26-22(27)25/h4-14H,1-3H3. The molecule has 1 aromatic heterocycles. The van der Waals surface area contributed by atoms with Gasteiger partial charge in [-0.15, -0.1) is 0 Å². The lowest BCUT2D eigenvalue weighted by Crippen LogP contribution is -2.12. The van der Waals surface area contributed by atoms with Crippen LogP contribution in [-0.2, 0) is 5.41 Å². The van der Waals surface area contributed by atoms with Crippen LogP contribution in [0.1, 0.15) is 26.3 Å². The number of fused-ring (bicyclic) bond motifs is 1. The van der Waals surface area contributed by atoms with Gasteiger partial charge in [0.15, 0.2) is 4.73 Å². The van der Waals surface area contributed by atoms with Gasteiger partial charge in [0.05, 0.1) is 11.2 Å². The molecule has 0 saturated heterocycles. The van der Waals surface area contributed by atoms with Crippen LogP contribution in [0.5, 0.6) is 0 Å². The summed E-state index contributed by atoms with van der Waals surface area (Å²) in [6.07, 6.45) is 0. The minimum Gasteiger partial charge on any atom is -0.286 e.